The molecular weight excluding hydrogens is 316 g/mol. The number of carbonyl (C=O) groups is 2. The average Bonchev–Trinajstić information content (AvgIpc) is 2.90. The summed E-state index contributed by atoms with van der Waals surface area (Å²) in [5.41, 5.74) is 0.211. The molecule has 7 heteroatoms. The van der Waals surface area contributed by atoms with E-state index in [1.165, 1.54) is 11.3 Å². The van der Waals surface area contributed by atoms with Crippen LogP contribution in [-0.2, 0) is 20.8 Å². The van der Waals surface area contributed by atoms with E-state index in [0.717, 1.165) is 0 Å². The first kappa shape index (κ1) is 19.6. The van der Waals surface area contributed by atoms with Crippen molar-refractivity contribution in [1.82, 2.24) is 9.88 Å². The molecular formula is C16H26N2O4S. The van der Waals surface area contributed by atoms with Gasteiger partial charge in [-0.1, -0.05) is 20.8 Å². The van der Waals surface area contributed by atoms with E-state index in [2.05, 4.69) is 4.98 Å². The van der Waals surface area contributed by atoms with Gasteiger partial charge in [0.25, 0.3) is 0 Å². The van der Waals surface area contributed by atoms with Gasteiger partial charge in [0, 0.05) is 25.5 Å². The van der Waals surface area contributed by atoms with Crippen molar-refractivity contribution >= 4 is 23.2 Å². The van der Waals surface area contributed by atoms with Crippen LogP contribution in [0.1, 0.15) is 49.6 Å². The van der Waals surface area contributed by atoms with Crippen molar-refractivity contribution in [3.63, 3.8) is 0 Å². The molecule has 0 aromatic carbocycles. The zero-order valence-electron chi connectivity index (χ0n) is 14.5. The van der Waals surface area contributed by atoms with E-state index >= 15 is 0 Å². The lowest BCUT2D eigenvalue weighted by Gasteiger charge is -2.25. The summed E-state index contributed by atoms with van der Waals surface area (Å²) in [6.45, 7) is 9.50. The van der Waals surface area contributed by atoms with Gasteiger partial charge in [0.05, 0.1) is 19.8 Å². The van der Waals surface area contributed by atoms with Gasteiger partial charge in [0.15, 0.2) is 5.69 Å². The highest BCUT2D eigenvalue weighted by Crippen LogP contribution is 2.21. The van der Waals surface area contributed by atoms with Crippen LogP contribution in [0.3, 0.4) is 0 Å². The lowest BCUT2D eigenvalue weighted by Crippen LogP contribution is -2.35. The zero-order valence-corrected chi connectivity index (χ0v) is 15.4. The molecule has 0 bridgehead atoms. The average molecular weight is 342 g/mol. The van der Waals surface area contributed by atoms with Gasteiger partial charge >= 0.3 is 5.97 Å². The zero-order chi connectivity index (χ0) is 17.5. The maximum atomic E-state index is 12.5. The number of methoxy groups -OCH3 is 1. The molecule has 0 fully saturated rings. The van der Waals surface area contributed by atoms with Crippen molar-refractivity contribution in [2.24, 2.45) is 5.41 Å². The Bertz CT molecular complexity index is 522. The molecule has 6 nitrogen and oxygen atoms in total. The number of rotatable bonds is 8. The van der Waals surface area contributed by atoms with E-state index in [4.69, 9.17) is 9.47 Å². The first-order valence-electron chi connectivity index (χ1n) is 7.65. The minimum atomic E-state index is -0.431. The summed E-state index contributed by atoms with van der Waals surface area (Å²) < 4.78 is 10.0. The SMILES string of the molecule is CCOC(=O)c1csc(CN(CCOC)C(=O)CC(C)(C)C)n1. The lowest BCUT2D eigenvalue weighted by molar-refractivity contribution is -0.134. The van der Waals surface area contributed by atoms with Crippen molar-refractivity contribution < 1.29 is 19.1 Å². The van der Waals surface area contributed by atoms with Gasteiger partial charge in [-0.05, 0) is 12.3 Å². The van der Waals surface area contributed by atoms with Crippen molar-refractivity contribution in [3.8, 4) is 0 Å². The fraction of sp³-hybridized carbons (Fsp3) is 0.688. The first-order valence-corrected chi connectivity index (χ1v) is 8.53. The molecule has 0 N–H and O–H groups in total. The minimum Gasteiger partial charge on any atom is -0.461 e. The third kappa shape index (κ3) is 7.09. The molecule has 0 saturated carbocycles. The molecule has 1 rings (SSSR count). The number of amides is 1. The predicted octanol–water partition coefficient (Wildman–Crippen LogP) is 2.73. The van der Waals surface area contributed by atoms with Crippen LogP contribution in [0.5, 0.6) is 0 Å². The minimum absolute atomic E-state index is 0.0578. The molecule has 23 heavy (non-hydrogen) atoms. The topological polar surface area (TPSA) is 68.7 Å². The van der Waals surface area contributed by atoms with Gasteiger partial charge in [0.1, 0.15) is 5.01 Å². The van der Waals surface area contributed by atoms with Crippen molar-refractivity contribution in [2.45, 2.75) is 40.7 Å². The summed E-state index contributed by atoms with van der Waals surface area (Å²) >= 11 is 1.35. The molecule has 0 aliphatic rings. The quantitative estimate of drug-likeness (QED) is 0.680. The number of ether oxygens (including phenoxy) is 2. The van der Waals surface area contributed by atoms with Crippen LogP contribution in [0.2, 0.25) is 0 Å². The number of nitrogens with zero attached hydrogens (tertiary/aromatic N) is 2. The molecule has 0 aliphatic heterocycles. The summed E-state index contributed by atoms with van der Waals surface area (Å²) in [7, 11) is 1.61. The number of hydrogen-bond donors (Lipinski definition) is 0. The molecule has 0 spiro atoms. The van der Waals surface area contributed by atoms with Crippen molar-refractivity contribution in [1.29, 1.82) is 0 Å². The van der Waals surface area contributed by atoms with Crippen LogP contribution in [0.15, 0.2) is 5.38 Å². The third-order valence-corrected chi connectivity index (χ3v) is 3.80. The van der Waals surface area contributed by atoms with Crippen LogP contribution in [0.25, 0.3) is 0 Å². The highest BCUT2D eigenvalue weighted by atomic mass is 32.1. The molecule has 1 aromatic heterocycles. The van der Waals surface area contributed by atoms with Gasteiger partial charge < -0.3 is 14.4 Å². The van der Waals surface area contributed by atoms with Crippen LogP contribution < -0.4 is 0 Å². The Labute approximate surface area is 141 Å². The molecule has 0 radical (unpaired) electrons. The van der Waals surface area contributed by atoms with Gasteiger partial charge in [-0.2, -0.15) is 0 Å². The van der Waals surface area contributed by atoms with Gasteiger partial charge in [-0.15, -0.1) is 11.3 Å². The maximum Gasteiger partial charge on any atom is 0.357 e. The summed E-state index contributed by atoms with van der Waals surface area (Å²) in [6.07, 6.45) is 0.451. The standard InChI is InChI=1S/C16H26N2O4S/c1-6-22-15(20)12-11-23-13(17-12)10-18(7-8-21-5)14(19)9-16(2,3)4/h11H,6-10H2,1-5H3. The van der Waals surface area contributed by atoms with Gasteiger partial charge in [-0.25, -0.2) is 9.78 Å². The third-order valence-electron chi connectivity index (χ3n) is 2.96. The summed E-state index contributed by atoms with van der Waals surface area (Å²) in [5.74, 6) is -0.373. The largest absolute Gasteiger partial charge is 0.461 e. The van der Waals surface area contributed by atoms with Crippen LogP contribution in [-0.4, -0.2) is 48.6 Å². The van der Waals surface area contributed by atoms with E-state index in [1.807, 2.05) is 20.8 Å². The van der Waals surface area contributed by atoms with Crippen molar-refractivity contribution in [2.75, 3.05) is 26.9 Å². The fourth-order valence-electron chi connectivity index (χ4n) is 1.90. The smallest absolute Gasteiger partial charge is 0.357 e. The molecule has 0 unspecified atom stereocenters. The monoisotopic (exact) mass is 342 g/mol. The summed E-state index contributed by atoms with van der Waals surface area (Å²) in [4.78, 5) is 30.1. The normalized spacial score (nSPS) is 11.3. The Kier molecular flexibility index (Phi) is 7.64. The number of aromatic nitrogens is 1. The molecule has 0 aliphatic carbocycles. The van der Waals surface area contributed by atoms with E-state index in [0.29, 0.717) is 43.4 Å². The van der Waals surface area contributed by atoms with E-state index in [9.17, 15) is 9.59 Å². The Hall–Kier alpha value is -1.47. The lowest BCUT2D eigenvalue weighted by atomic mass is 9.91. The number of esters is 1. The van der Waals surface area contributed by atoms with Crippen LogP contribution in [0, 0.1) is 5.41 Å². The Morgan fingerprint density at radius 1 is 1.35 bits per heavy atom. The Morgan fingerprint density at radius 2 is 2.04 bits per heavy atom. The Balaban J connectivity index is 2.77. The van der Waals surface area contributed by atoms with Gasteiger partial charge in [-0.3, -0.25) is 4.79 Å². The molecule has 0 atom stereocenters. The van der Waals surface area contributed by atoms with Crippen LogP contribution >= 0.6 is 11.3 Å². The van der Waals surface area contributed by atoms with Crippen molar-refractivity contribution in [3.05, 3.63) is 16.1 Å². The fourth-order valence-corrected chi connectivity index (χ4v) is 2.68. The Morgan fingerprint density at radius 3 is 2.61 bits per heavy atom. The molecule has 130 valence electrons. The number of hydrogen-bond acceptors (Lipinski definition) is 6. The van der Waals surface area contributed by atoms with E-state index < -0.39 is 5.97 Å². The van der Waals surface area contributed by atoms with Crippen LogP contribution in [0.4, 0.5) is 0 Å². The second kappa shape index (κ2) is 8.98. The highest BCUT2D eigenvalue weighted by Gasteiger charge is 2.22. The van der Waals surface area contributed by atoms with E-state index in [-0.39, 0.29) is 11.3 Å². The highest BCUT2D eigenvalue weighted by molar-refractivity contribution is 7.09. The molecule has 1 aromatic rings. The molecule has 1 amide bonds. The molecule has 1 heterocycles. The number of carbonyl (C=O) groups excluding carboxylic acids is 2. The molecule has 0 saturated heterocycles. The van der Waals surface area contributed by atoms with Gasteiger partial charge in [0.2, 0.25) is 5.91 Å². The maximum absolute atomic E-state index is 12.5. The summed E-state index contributed by atoms with van der Waals surface area (Å²) in [5, 5.41) is 2.38. The predicted molar refractivity (Wildman–Crippen MR) is 89.4 cm³/mol. The second-order valence-corrected chi connectivity index (χ2v) is 7.34. The summed E-state index contributed by atoms with van der Waals surface area (Å²) in [6, 6.07) is 0. The second-order valence-electron chi connectivity index (χ2n) is 6.39. The number of thiazole rings is 1. The van der Waals surface area contributed by atoms with E-state index in [1.54, 1.807) is 24.3 Å². The first-order chi connectivity index (χ1) is 10.8.